The number of rotatable bonds is 7. The molecule has 1 aliphatic heterocycles. The van der Waals surface area contributed by atoms with Gasteiger partial charge in [0.15, 0.2) is 5.79 Å². The van der Waals surface area contributed by atoms with Crippen molar-refractivity contribution in [3.63, 3.8) is 0 Å². The molecule has 3 nitrogen and oxygen atoms in total. The van der Waals surface area contributed by atoms with E-state index in [1.807, 2.05) is 24.3 Å². The maximum Gasteiger partial charge on any atom is 0.195 e. The first-order chi connectivity index (χ1) is 9.70. The largest absolute Gasteiger partial charge is 0.343 e. The topological polar surface area (TPSA) is 21.7 Å². The molecule has 1 saturated heterocycles. The Labute approximate surface area is 123 Å². The average molecular weight is 273 g/mol. The summed E-state index contributed by atoms with van der Waals surface area (Å²) >= 11 is 0. The van der Waals surface area contributed by atoms with E-state index in [1.54, 1.807) is 0 Å². The Morgan fingerprint density at radius 1 is 1.10 bits per heavy atom. The molecule has 2 radical (unpaired) electrons. The van der Waals surface area contributed by atoms with Crippen molar-refractivity contribution < 1.29 is 9.47 Å². The van der Waals surface area contributed by atoms with E-state index in [0.29, 0.717) is 13.2 Å². The standard InChI is InChI=1S/C16H24BNO2/c1-3-18(4-2)11-5-10-16(19-12-13-20-16)14-6-8-15(17)9-7-14/h6-9H,3-5,10-13H2,1-2H3. The molecular weight excluding hydrogens is 249 g/mol. The van der Waals surface area contributed by atoms with E-state index in [0.717, 1.165) is 43.5 Å². The van der Waals surface area contributed by atoms with Gasteiger partial charge in [0.2, 0.25) is 0 Å². The van der Waals surface area contributed by atoms with Gasteiger partial charge in [0.1, 0.15) is 7.85 Å². The van der Waals surface area contributed by atoms with Crippen molar-refractivity contribution >= 4 is 13.3 Å². The minimum absolute atomic E-state index is 0.569. The summed E-state index contributed by atoms with van der Waals surface area (Å²) in [6.45, 7) is 8.98. The molecule has 0 atom stereocenters. The van der Waals surface area contributed by atoms with Crippen molar-refractivity contribution in [1.29, 1.82) is 0 Å². The molecule has 108 valence electrons. The fraction of sp³-hybridized carbons (Fsp3) is 0.625. The molecule has 0 bridgehead atoms. The lowest BCUT2D eigenvalue weighted by Crippen LogP contribution is -2.30. The highest BCUT2D eigenvalue weighted by Gasteiger charge is 2.37. The van der Waals surface area contributed by atoms with Gasteiger partial charge < -0.3 is 14.4 Å². The van der Waals surface area contributed by atoms with Gasteiger partial charge in [0.25, 0.3) is 0 Å². The molecule has 0 aliphatic carbocycles. The van der Waals surface area contributed by atoms with Crippen LogP contribution in [0, 0.1) is 0 Å². The van der Waals surface area contributed by atoms with Crippen LogP contribution in [-0.4, -0.2) is 45.6 Å². The lowest BCUT2D eigenvalue weighted by Gasteiger charge is -2.29. The molecule has 0 amide bonds. The Morgan fingerprint density at radius 3 is 2.25 bits per heavy atom. The maximum atomic E-state index is 5.93. The molecule has 4 heteroatoms. The van der Waals surface area contributed by atoms with Gasteiger partial charge in [0.05, 0.1) is 13.2 Å². The zero-order valence-corrected chi connectivity index (χ0v) is 12.6. The first-order valence-electron chi connectivity index (χ1n) is 7.56. The summed E-state index contributed by atoms with van der Waals surface area (Å²) in [6, 6.07) is 7.84. The molecule has 0 aromatic heterocycles. The Hall–Kier alpha value is -0.835. The van der Waals surface area contributed by atoms with Crippen LogP contribution in [0.2, 0.25) is 0 Å². The lowest BCUT2D eigenvalue weighted by atomic mass is 9.92. The van der Waals surface area contributed by atoms with E-state index < -0.39 is 5.79 Å². The van der Waals surface area contributed by atoms with Gasteiger partial charge in [-0.05, 0) is 26.1 Å². The van der Waals surface area contributed by atoms with E-state index in [-0.39, 0.29) is 0 Å². The van der Waals surface area contributed by atoms with Gasteiger partial charge in [-0.15, -0.1) is 0 Å². The SMILES string of the molecule is [B]c1ccc(C2(CCCN(CC)CC)OCCO2)cc1. The monoisotopic (exact) mass is 273 g/mol. The molecule has 0 saturated carbocycles. The molecule has 0 spiro atoms. The lowest BCUT2D eigenvalue weighted by molar-refractivity contribution is -0.172. The number of ether oxygens (including phenoxy) is 2. The molecule has 1 fully saturated rings. The molecule has 0 N–H and O–H groups in total. The highest BCUT2D eigenvalue weighted by atomic mass is 16.7. The third-order valence-corrected chi connectivity index (χ3v) is 3.98. The van der Waals surface area contributed by atoms with E-state index >= 15 is 0 Å². The third kappa shape index (κ3) is 3.63. The zero-order chi connectivity index (χ0) is 14.4. The number of hydrogen-bond donors (Lipinski definition) is 0. The number of nitrogens with zero attached hydrogens (tertiary/aromatic N) is 1. The minimum atomic E-state index is -0.569. The average Bonchev–Trinajstić information content (AvgIpc) is 2.94. The first kappa shape index (κ1) is 15.6. The smallest absolute Gasteiger partial charge is 0.195 e. The van der Waals surface area contributed by atoms with Crippen LogP contribution in [0.25, 0.3) is 0 Å². The summed E-state index contributed by atoms with van der Waals surface area (Å²) in [5.74, 6) is -0.569. The summed E-state index contributed by atoms with van der Waals surface area (Å²) in [7, 11) is 5.76. The van der Waals surface area contributed by atoms with Crippen molar-refractivity contribution in [3.8, 4) is 0 Å². The maximum absolute atomic E-state index is 5.93. The molecular formula is C16H24BNO2. The Balaban J connectivity index is 2.01. The van der Waals surface area contributed by atoms with Crippen molar-refractivity contribution in [2.24, 2.45) is 0 Å². The predicted octanol–water partition coefficient (Wildman–Crippen LogP) is 1.80. The summed E-state index contributed by atoms with van der Waals surface area (Å²) in [4.78, 5) is 2.42. The molecule has 20 heavy (non-hydrogen) atoms. The predicted molar refractivity (Wildman–Crippen MR) is 82.4 cm³/mol. The molecule has 1 aromatic rings. The van der Waals surface area contributed by atoms with Crippen LogP contribution in [0.4, 0.5) is 0 Å². The van der Waals surface area contributed by atoms with Gasteiger partial charge in [0, 0.05) is 12.0 Å². The van der Waals surface area contributed by atoms with Crippen LogP contribution in [0.1, 0.15) is 32.3 Å². The molecule has 1 aliphatic rings. The summed E-state index contributed by atoms with van der Waals surface area (Å²) in [5.41, 5.74) is 1.84. The van der Waals surface area contributed by atoms with E-state index in [9.17, 15) is 0 Å². The van der Waals surface area contributed by atoms with Crippen LogP contribution >= 0.6 is 0 Å². The molecule has 0 unspecified atom stereocenters. The van der Waals surface area contributed by atoms with Crippen molar-refractivity contribution in [2.75, 3.05) is 32.8 Å². The van der Waals surface area contributed by atoms with Crippen LogP contribution in [0.3, 0.4) is 0 Å². The van der Waals surface area contributed by atoms with Gasteiger partial charge in [-0.25, -0.2) is 0 Å². The van der Waals surface area contributed by atoms with Gasteiger partial charge in [-0.2, -0.15) is 0 Å². The van der Waals surface area contributed by atoms with Crippen LogP contribution in [0.5, 0.6) is 0 Å². The second-order valence-corrected chi connectivity index (χ2v) is 5.20. The first-order valence-corrected chi connectivity index (χ1v) is 7.56. The highest BCUT2D eigenvalue weighted by Crippen LogP contribution is 2.35. The second kappa shape index (κ2) is 7.25. The fourth-order valence-electron chi connectivity index (χ4n) is 2.72. The summed E-state index contributed by atoms with van der Waals surface area (Å²) in [5, 5.41) is 0. The van der Waals surface area contributed by atoms with E-state index in [1.165, 1.54) is 0 Å². The Bertz CT molecular complexity index is 397. The van der Waals surface area contributed by atoms with E-state index in [4.69, 9.17) is 17.3 Å². The Morgan fingerprint density at radius 2 is 1.70 bits per heavy atom. The molecule has 2 rings (SSSR count). The normalized spacial score (nSPS) is 17.8. The second-order valence-electron chi connectivity index (χ2n) is 5.20. The van der Waals surface area contributed by atoms with Crippen LogP contribution in [-0.2, 0) is 15.3 Å². The number of hydrogen-bond acceptors (Lipinski definition) is 3. The zero-order valence-electron chi connectivity index (χ0n) is 12.6. The quantitative estimate of drug-likeness (QED) is 0.707. The summed E-state index contributed by atoms with van der Waals surface area (Å²) in [6.07, 6.45) is 1.94. The van der Waals surface area contributed by atoms with Crippen molar-refractivity contribution in [1.82, 2.24) is 4.90 Å². The Kier molecular flexibility index (Phi) is 5.64. The van der Waals surface area contributed by atoms with Gasteiger partial charge in [-0.1, -0.05) is 43.6 Å². The summed E-state index contributed by atoms with van der Waals surface area (Å²) < 4.78 is 11.9. The van der Waals surface area contributed by atoms with Gasteiger partial charge in [-0.3, -0.25) is 0 Å². The van der Waals surface area contributed by atoms with E-state index in [2.05, 4.69) is 18.7 Å². The third-order valence-electron chi connectivity index (χ3n) is 3.98. The molecule has 1 heterocycles. The highest BCUT2D eigenvalue weighted by molar-refractivity contribution is 6.32. The van der Waals surface area contributed by atoms with Gasteiger partial charge >= 0.3 is 0 Å². The van der Waals surface area contributed by atoms with Crippen molar-refractivity contribution in [2.45, 2.75) is 32.5 Å². The van der Waals surface area contributed by atoms with Crippen molar-refractivity contribution in [3.05, 3.63) is 29.8 Å². The van der Waals surface area contributed by atoms with Crippen LogP contribution < -0.4 is 5.46 Å². The minimum Gasteiger partial charge on any atom is -0.343 e. The fourth-order valence-corrected chi connectivity index (χ4v) is 2.72. The van der Waals surface area contributed by atoms with Crippen LogP contribution in [0.15, 0.2) is 24.3 Å². The number of benzene rings is 1. The molecule has 1 aromatic carbocycles.